The predicted octanol–water partition coefficient (Wildman–Crippen LogP) is 1.96. The number of hydrogen-bond acceptors (Lipinski definition) is 2. The van der Waals surface area contributed by atoms with Crippen molar-refractivity contribution in [3.05, 3.63) is 35.4 Å². The molecule has 2 aliphatic rings. The molecule has 1 aromatic carbocycles. The van der Waals surface area contributed by atoms with Gasteiger partial charge in [-0.15, -0.1) is 0 Å². The highest BCUT2D eigenvalue weighted by Crippen LogP contribution is 2.38. The summed E-state index contributed by atoms with van der Waals surface area (Å²) >= 11 is 0. The molecule has 1 N–H and O–H groups in total. The maximum absolute atomic E-state index is 9.87. The Hall–Kier alpha value is -1.28. The van der Waals surface area contributed by atoms with E-state index < -0.39 is 0 Å². The summed E-state index contributed by atoms with van der Waals surface area (Å²) < 4.78 is 0. The summed E-state index contributed by atoms with van der Waals surface area (Å²) in [6.07, 6.45) is 4.91. The molecule has 14 heavy (non-hydrogen) atoms. The quantitative estimate of drug-likeness (QED) is 0.671. The van der Waals surface area contributed by atoms with Crippen LogP contribution in [-0.2, 0) is 0 Å². The maximum Gasteiger partial charge on any atom is 0.0827 e. The molecule has 0 amide bonds. The van der Waals surface area contributed by atoms with Gasteiger partial charge in [0.05, 0.1) is 11.8 Å². The summed E-state index contributed by atoms with van der Waals surface area (Å²) in [7, 11) is 0. The molecule has 0 spiro atoms. The Balaban J connectivity index is 2.24. The van der Waals surface area contributed by atoms with Crippen LogP contribution in [0.3, 0.4) is 0 Å². The molecule has 2 heterocycles. The van der Waals surface area contributed by atoms with Crippen molar-refractivity contribution in [1.29, 1.82) is 0 Å². The van der Waals surface area contributed by atoms with E-state index in [1.165, 1.54) is 11.3 Å². The number of aliphatic hydroxyl groups is 1. The van der Waals surface area contributed by atoms with Crippen LogP contribution in [0.4, 0.5) is 5.69 Å². The van der Waals surface area contributed by atoms with Crippen LogP contribution < -0.4 is 4.90 Å². The molecule has 0 aliphatic carbocycles. The van der Waals surface area contributed by atoms with Crippen LogP contribution in [0.1, 0.15) is 23.7 Å². The van der Waals surface area contributed by atoms with Crippen LogP contribution in [0.25, 0.3) is 6.08 Å². The fraction of sp³-hybridized carbons (Fsp3) is 0.333. The highest BCUT2D eigenvalue weighted by molar-refractivity contribution is 5.75. The molecule has 0 fully saturated rings. The van der Waals surface area contributed by atoms with E-state index in [1.807, 2.05) is 12.1 Å². The zero-order valence-electron chi connectivity index (χ0n) is 7.98. The smallest absolute Gasteiger partial charge is 0.0827 e. The van der Waals surface area contributed by atoms with Crippen molar-refractivity contribution in [3.63, 3.8) is 0 Å². The van der Waals surface area contributed by atoms with Crippen LogP contribution in [0.5, 0.6) is 0 Å². The molecule has 1 aromatic rings. The van der Waals surface area contributed by atoms with E-state index in [9.17, 15) is 5.11 Å². The third-order valence-corrected chi connectivity index (χ3v) is 3.07. The van der Waals surface area contributed by atoms with Gasteiger partial charge >= 0.3 is 0 Å². The molecule has 0 aromatic heterocycles. The maximum atomic E-state index is 9.87. The van der Waals surface area contributed by atoms with Crippen LogP contribution >= 0.6 is 0 Å². The molecule has 0 saturated heterocycles. The summed E-state index contributed by atoms with van der Waals surface area (Å²) in [5.41, 5.74) is 3.58. The summed E-state index contributed by atoms with van der Waals surface area (Å²) in [4.78, 5) is 2.34. The van der Waals surface area contributed by atoms with Crippen molar-refractivity contribution in [3.8, 4) is 0 Å². The van der Waals surface area contributed by atoms with Gasteiger partial charge in [-0.25, -0.2) is 0 Å². The van der Waals surface area contributed by atoms with E-state index in [0.29, 0.717) is 0 Å². The molecule has 72 valence electrons. The Morgan fingerprint density at radius 3 is 3.21 bits per heavy atom. The molecule has 3 rings (SSSR count). The highest BCUT2D eigenvalue weighted by Gasteiger charge is 2.25. The number of anilines is 1. The van der Waals surface area contributed by atoms with Gasteiger partial charge in [0, 0.05) is 18.7 Å². The van der Waals surface area contributed by atoms with Gasteiger partial charge in [0.25, 0.3) is 0 Å². The molecule has 0 bridgehead atoms. The number of hydrogen-bond donors (Lipinski definition) is 1. The average Bonchev–Trinajstić information content (AvgIpc) is 2.24. The van der Waals surface area contributed by atoms with E-state index in [4.69, 9.17) is 0 Å². The summed E-state index contributed by atoms with van der Waals surface area (Å²) in [5.74, 6) is 0. The van der Waals surface area contributed by atoms with E-state index in [1.54, 1.807) is 0 Å². The van der Waals surface area contributed by atoms with Crippen molar-refractivity contribution in [2.75, 3.05) is 18.0 Å². The van der Waals surface area contributed by atoms with E-state index >= 15 is 0 Å². The molecule has 0 radical (unpaired) electrons. The highest BCUT2D eigenvalue weighted by atomic mass is 16.3. The molecule has 0 saturated carbocycles. The van der Waals surface area contributed by atoms with Gasteiger partial charge in [-0.3, -0.25) is 0 Å². The Bertz CT molecular complexity index is 397. The topological polar surface area (TPSA) is 23.5 Å². The SMILES string of the molecule is OC1CCN2CC=Cc3cccc1c32. The summed E-state index contributed by atoms with van der Waals surface area (Å²) in [5, 5.41) is 9.87. The molecule has 2 heteroatoms. The third kappa shape index (κ3) is 1.01. The van der Waals surface area contributed by atoms with E-state index in [-0.39, 0.29) is 6.10 Å². The molecule has 2 aliphatic heterocycles. The van der Waals surface area contributed by atoms with Crippen molar-refractivity contribution >= 4 is 11.8 Å². The van der Waals surface area contributed by atoms with Gasteiger partial charge in [0.1, 0.15) is 0 Å². The molecule has 1 unspecified atom stereocenters. The van der Waals surface area contributed by atoms with Crippen LogP contribution in [0, 0.1) is 0 Å². The number of nitrogens with zero attached hydrogens (tertiary/aromatic N) is 1. The normalized spacial score (nSPS) is 23.5. The van der Waals surface area contributed by atoms with Crippen molar-refractivity contribution in [2.24, 2.45) is 0 Å². The summed E-state index contributed by atoms with van der Waals surface area (Å²) in [6, 6.07) is 6.17. The van der Waals surface area contributed by atoms with E-state index in [2.05, 4.69) is 23.1 Å². The number of benzene rings is 1. The minimum atomic E-state index is -0.271. The monoisotopic (exact) mass is 187 g/mol. The van der Waals surface area contributed by atoms with Gasteiger partial charge < -0.3 is 10.0 Å². The molecule has 1 atom stereocenters. The van der Waals surface area contributed by atoms with Gasteiger partial charge in [-0.05, 0) is 12.0 Å². The lowest BCUT2D eigenvalue weighted by molar-refractivity contribution is 0.164. The van der Waals surface area contributed by atoms with Gasteiger partial charge in [0.2, 0.25) is 0 Å². The van der Waals surface area contributed by atoms with Crippen LogP contribution in [0.2, 0.25) is 0 Å². The predicted molar refractivity (Wildman–Crippen MR) is 57.3 cm³/mol. The lowest BCUT2D eigenvalue weighted by atomic mass is 9.93. The van der Waals surface area contributed by atoms with Crippen molar-refractivity contribution < 1.29 is 5.11 Å². The van der Waals surface area contributed by atoms with Crippen LogP contribution in [-0.4, -0.2) is 18.2 Å². The zero-order chi connectivity index (χ0) is 9.54. The molecular weight excluding hydrogens is 174 g/mol. The Morgan fingerprint density at radius 2 is 2.29 bits per heavy atom. The Kier molecular flexibility index (Phi) is 1.64. The summed E-state index contributed by atoms with van der Waals surface area (Å²) in [6.45, 7) is 1.95. The number of rotatable bonds is 0. The fourth-order valence-corrected chi connectivity index (χ4v) is 2.38. The van der Waals surface area contributed by atoms with Crippen molar-refractivity contribution in [1.82, 2.24) is 0 Å². The van der Waals surface area contributed by atoms with Gasteiger partial charge in [-0.1, -0.05) is 30.4 Å². The van der Waals surface area contributed by atoms with Gasteiger partial charge in [-0.2, -0.15) is 0 Å². The first kappa shape index (κ1) is 8.06. The average molecular weight is 187 g/mol. The Morgan fingerprint density at radius 1 is 1.36 bits per heavy atom. The minimum absolute atomic E-state index is 0.271. The zero-order valence-corrected chi connectivity index (χ0v) is 7.98. The fourth-order valence-electron chi connectivity index (χ4n) is 2.38. The first-order valence-electron chi connectivity index (χ1n) is 5.09. The van der Waals surface area contributed by atoms with Crippen LogP contribution in [0.15, 0.2) is 24.3 Å². The Labute approximate surface area is 83.5 Å². The van der Waals surface area contributed by atoms with E-state index in [0.717, 1.165) is 25.1 Å². The third-order valence-electron chi connectivity index (χ3n) is 3.07. The van der Waals surface area contributed by atoms with Crippen molar-refractivity contribution in [2.45, 2.75) is 12.5 Å². The largest absolute Gasteiger partial charge is 0.388 e. The first-order valence-corrected chi connectivity index (χ1v) is 5.09. The standard InChI is InChI=1S/C12H13NO/c14-11-6-8-13-7-2-4-9-3-1-5-10(11)12(9)13/h1-5,11,14H,6-8H2. The lowest BCUT2D eigenvalue weighted by Gasteiger charge is -2.36. The first-order chi connectivity index (χ1) is 6.86. The minimum Gasteiger partial charge on any atom is -0.388 e. The molecular formula is C12H13NO. The second-order valence-corrected chi connectivity index (χ2v) is 3.94. The number of para-hydroxylation sites is 1. The number of aliphatic hydroxyl groups excluding tert-OH is 1. The second kappa shape index (κ2) is 2.85. The second-order valence-electron chi connectivity index (χ2n) is 3.94. The van der Waals surface area contributed by atoms with Gasteiger partial charge in [0.15, 0.2) is 0 Å². The molecule has 2 nitrogen and oxygen atoms in total. The lowest BCUT2D eigenvalue weighted by Crippen LogP contribution is -2.33.